The number of cyclic esters (lactones) is 1. The summed E-state index contributed by atoms with van der Waals surface area (Å²) >= 11 is 5.92. The number of amides is 2. The van der Waals surface area contributed by atoms with Gasteiger partial charge < -0.3 is 15.0 Å². The Morgan fingerprint density at radius 1 is 1.44 bits per heavy atom. The zero-order chi connectivity index (χ0) is 13.0. The van der Waals surface area contributed by atoms with E-state index in [1.807, 2.05) is 0 Å². The molecular weight excluding hydrogens is 256 g/mol. The summed E-state index contributed by atoms with van der Waals surface area (Å²) in [6.45, 7) is 1.29. The summed E-state index contributed by atoms with van der Waals surface area (Å²) in [4.78, 5) is 24.3. The van der Waals surface area contributed by atoms with Crippen LogP contribution in [0.2, 0.25) is 5.02 Å². The molecule has 0 aliphatic carbocycles. The number of rotatable bonds is 4. The first-order valence-corrected chi connectivity index (χ1v) is 6.00. The SMILES string of the molecule is O=C(CCN1CCOC1=O)Nc1ccccc1Cl. The van der Waals surface area contributed by atoms with Crippen molar-refractivity contribution in [3.8, 4) is 0 Å². The lowest BCUT2D eigenvalue weighted by atomic mass is 10.3. The van der Waals surface area contributed by atoms with Gasteiger partial charge >= 0.3 is 6.09 Å². The Labute approximate surface area is 110 Å². The van der Waals surface area contributed by atoms with Crippen molar-refractivity contribution in [2.24, 2.45) is 0 Å². The number of carbonyl (C=O) groups is 2. The Hall–Kier alpha value is -1.75. The Kier molecular flexibility index (Phi) is 4.04. The fourth-order valence-electron chi connectivity index (χ4n) is 1.64. The van der Waals surface area contributed by atoms with Gasteiger partial charge in [0.25, 0.3) is 0 Å². The Balaban J connectivity index is 1.82. The number of para-hydroxylation sites is 1. The van der Waals surface area contributed by atoms with E-state index >= 15 is 0 Å². The average molecular weight is 269 g/mol. The molecule has 1 aromatic rings. The molecule has 2 rings (SSSR count). The van der Waals surface area contributed by atoms with Gasteiger partial charge in [0, 0.05) is 13.0 Å². The van der Waals surface area contributed by atoms with Crippen molar-refractivity contribution in [2.45, 2.75) is 6.42 Å². The molecule has 5 nitrogen and oxygen atoms in total. The number of hydrogen-bond donors (Lipinski definition) is 1. The van der Waals surface area contributed by atoms with E-state index in [-0.39, 0.29) is 18.4 Å². The Morgan fingerprint density at radius 3 is 2.89 bits per heavy atom. The fourth-order valence-corrected chi connectivity index (χ4v) is 1.82. The first-order chi connectivity index (χ1) is 8.66. The van der Waals surface area contributed by atoms with Gasteiger partial charge in [0.2, 0.25) is 5.91 Å². The van der Waals surface area contributed by atoms with Crippen molar-refractivity contribution >= 4 is 29.3 Å². The van der Waals surface area contributed by atoms with Crippen molar-refractivity contribution in [3.05, 3.63) is 29.3 Å². The van der Waals surface area contributed by atoms with Crippen molar-refractivity contribution < 1.29 is 14.3 Å². The van der Waals surface area contributed by atoms with Crippen molar-refractivity contribution in [1.82, 2.24) is 4.90 Å². The Bertz CT molecular complexity index is 464. The fraction of sp³-hybridized carbons (Fsp3) is 0.333. The van der Waals surface area contributed by atoms with Crippen LogP contribution >= 0.6 is 11.6 Å². The highest BCUT2D eigenvalue weighted by atomic mass is 35.5. The molecule has 96 valence electrons. The van der Waals surface area contributed by atoms with Crippen LogP contribution in [0.25, 0.3) is 0 Å². The summed E-state index contributed by atoms with van der Waals surface area (Å²) in [5.41, 5.74) is 0.577. The molecule has 0 atom stereocenters. The molecule has 1 aliphatic rings. The molecule has 18 heavy (non-hydrogen) atoms. The van der Waals surface area contributed by atoms with Gasteiger partial charge in [-0.3, -0.25) is 4.79 Å². The van der Waals surface area contributed by atoms with Crippen LogP contribution in [-0.2, 0) is 9.53 Å². The van der Waals surface area contributed by atoms with Gasteiger partial charge in [0.15, 0.2) is 0 Å². The predicted molar refractivity (Wildman–Crippen MR) is 67.6 cm³/mol. The van der Waals surface area contributed by atoms with E-state index in [4.69, 9.17) is 16.3 Å². The highest BCUT2D eigenvalue weighted by Crippen LogP contribution is 2.20. The molecule has 0 spiro atoms. The van der Waals surface area contributed by atoms with Crippen LogP contribution in [0.3, 0.4) is 0 Å². The summed E-state index contributed by atoms with van der Waals surface area (Å²) in [7, 11) is 0. The third kappa shape index (κ3) is 3.13. The van der Waals surface area contributed by atoms with E-state index in [0.29, 0.717) is 30.4 Å². The van der Waals surface area contributed by atoms with Crippen LogP contribution in [0.1, 0.15) is 6.42 Å². The van der Waals surface area contributed by atoms with E-state index < -0.39 is 0 Å². The average Bonchev–Trinajstić information content (AvgIpc) is 2.75. The molecule has 0 unspecified atom stereocenters. The Morgan fingerprint density at radius 2 is 2.22 bits per heavy atom. The lowest BCUT2D eigenvalue weighted by Crippen LogP contribution is -2.28. The molecule has 2 amide bonds. The molecular formula is C12H13ClN2O3. The molecule has 0 saturated carbocycles. The number of benzene rings is 1. The number of anilines is 1. The van der Waals surface area contributed by atoms with Gasteiger partial charge in [0.05, 0.1) is 17.3 Å². The third-order valence-corrected chi connectivity index (χ3v) is 2.93. The topological polar surface area (TPSA) is 58.6 Å². The molecule has 1 aromatic carbocycles. The standard InChI is InChI=1S/C12H13ClN2O3/c13-9-3-1-2-4-10(9)14-11(16)5-6-15-7-8-18-12(15)17/h1-4H,5-8H2,(H,14,16). The first kappa shape index (κ1) is 12.7. The van der Waals surface area contributed by atoms with Gasteiger partial charge in [-0.1, -0.05) is 23.7 Å². The second kappa shape index (κ2) is 5.73. The van der Waals surface area contributed by atoms with E-state index in [1.54, 1.807) is 24.3 Å². The maximum Gasteiger partial charge on any atom is 0.409 e. The predicted octanol–water partition coefficient (Wildman–Crippen LogP) is 2.12. The van der Waals surface area contributed by atoms with E-state index in [1.165, 1.54) is 4.90 Å². The van der Waals surface area contributed by atoms with Crippen molar-refractivity contribution in [3.63, 3.8) is 0 Å². The van der Waals surface area contributed by atoms with Crippen LogP contribution in [0, 0.1) is 0 Å². The van der Waals surface area contributed by atoms with Crippen LogP contribution in [-0.4, -0.2) is 36.6 Å². The minimum atomic E-state index is -0.361. The minimum absolute atomic E-state index is 0.178. The lowest BCUT2D eigenvalue weighted by molar-refractivity contribution is -0.116. The summed E-state index contributed by atoms with van der Waals surface area (Å²) in [6.07, 6.45) is -0.138. The van der Waals surface area contributed by atoms with Crippen LogP contribution in [0.15, 0.2) is 24.3 Å². The maximum atomic E-state index is 11.7. The highest BCUT2D eigenvalue weighted by molar-refractivity contribution is 6.33. The molecule has 0 radical (unpaired) electrons. The second-order valence-corrected chi connectivity index (χ2v) is 4.29. The summed E-state index contributed by atoms with van der Waals surface area (Å²) in [5, 5.41) is 3.19. The second-order valence-electron chi connectivity index (χ2n) is 3.88. The van der Waals surface area contributed by atoms with Crippen molar-refractivity contribution in [2.75, 3.05) is 25.0 Å². The molecule has 1 aliphatic heterocycles. The number of nitrogens with one attached hydrogen (secondary N) is 1. The maximum absolute atomic E-state index is 11.7. The molecule has 1 fully saturated rings. The third-order valence-electron chi connectivity index (χ3n) is 2.60. The molecule has 1 heterocycles. The number of nitrogens with zero attached hydrogens (tertiary/aromatic N) is 1. The zero-order valence-corrected chi connectivity index (χ0v) is 10.4. The number of halogens is 1. The number of carbonyl (C=O) groups excluding carboxylic acids is 2. The van der Waals surface area contributed by atoms with Gasteiger partial charge in [-0.15, -0.1) is 0 Å². The van der Waals surface area contributed by atoms with Gasteiger partial charge in [-0.05, 0) is 12.1 Å². The summed E-state index contributed by atoms with van der Waals surface area (Å²) in [6, 6.07) is 7.01. The first-order valence-electron chi connectivity index (χ1n) is 5.63. The van der Waals surface area contributed by atoms with Gasteiger partial charge in [-0.25, -0.2) is 4.79 Å². The normalized spacial score (nSPS) is 14.5. The molecule has 6 heteroatoms. The lowest BCUT2D eigenvalue weighted by Gasteiger charge is -2.12. The monoisotopic (exact) mass is 268 g/mol. The summed E-state index contributed by atoms with van der Waals surface area (Å²) < 4.78 is 4.77. The zero-order valence-electron chi connectivity index (χ0n) is 9.69. The highest BCUT2D eigenvalue weighted by Gasteiger charge is 2.22. The largest absolute Gasteiger partial charge is 0.448 e. The molecule has 0 aromatic heterocycles. The minimum Gasteiger partial charge on any atom is -0.448 e. The molecule has 0 bridgehead atoms. The van der Waals surface area contributed by atoms with Gasteiger partial charge in [0.1, 0.15) is 6.61 Å². The van der Waals surface area contributed by atoms with Crippen LogP contribution < -0.4 is 5.32 Å². The number of hydrogen-bond acceptors (Lipinski definition) is 3. The van der Waals surface area contributed by atoms with Crippen molar-refractivity contribution in [1.29, 1.82) is 0 Å². The van der Waals surface area contributed by atoms with E-state index in [0.717, 1.165) is 0 Å². The molecule has 1 saturated heterocycles. The smallest absolute Gasteiger partial charge is 0.409 e. The van der Waals surface area contributed by atoms with E-state index in [2.05, 4.69) is 5.32 Å². The number of ether oxygens (including phenoxy) is 1. The van der Waals surface area contributed by atoms with E-state index in [9.17, 15) is 9.59 Å². The van der Waals surface area contributed by atoms with Crippen LogP contribution in [0.4, 0.5) is 10.5 Å². The molecule has 1 N–H and O–H groups in total. The summed E-state index contributed by atoms with van der Waals surface area (Å²) in [5.74, 6) is -0.178. The van der Waals surface area contributed by atoms with Crippen LogP contribution in [0.5, 0.6) is 0 Å². The quantitative estimate of drug-likeness (QED) is 0.910. The van der Waals surface area contributed by atoms with Gasteiger partial charge in [-0.2, -0.15) is 0 Å².